The molecule has 0 aliphatic carbocycles. The van der Waals surface area contributed by atoms with Crippen LogP contribution in [0.15, 0.2) is 18.2 Å². The molecule has 0 aromatic heterocycles. The van der Waals surface area contributed by atoms with Crippen LogP contribution in [0.5, 0.6) is 5.75 Å². The maximum atomic E-state index is 13.3. The molecular formula is C13H19FO2. The third-order valence-corrected chi connectivity index (χ3v) is 2.50. The van der Waals surface area contributed by atoms with Gasteiger partial charge in [0.15, 0.2) is 0 Å². The molecule has 0 saturated heterocycles. The average Bonchev–Trinajstić information content (AvgIpc) is 2.27. The summed E-state index contributed by atoms with van der Waals surface area (Å²) in [5.74, 6) is 0.164. The van der Waals surface area contributed by atoms with E-state index >= 15 is 0 Å². The number of hydrogen-bond donors (Lipinski definition) is 1. The molecule has 0 spiro atoms. The van der Waals surface area contributed by atoms with Crippen LogP contribution in [0, 0.1) is 5.82 Å². The first-order valence-electron chi connectivity index (χ1n) is 5.71. The standard InChI is InChI=1S/C13H19FO2/c1-3-4-5-16-13-7-11(10(2)9-15)6-12(14)8-13/h6-8,10,15H,3-5,9H2,1-2H3. The molecule has 1 aromatic rings. The van der Waals surface area contributed by atoms with E-state index in [1.54, 1.807) is 6.07 Å². The van der Waals surface area contributed by atoms with E-state index in [4.69, 9.17) is 9.84 Å². The molecule has 0 amide bonds. The smallest absolute Gasteiger partial charge is 0.127 e. The summed E-state index contributed by atoms with van der Waals surface area (Å²) in [6, 6.07) is 4.61. The summed E-state index contributed by atoms with van der Waals surface area (Å²) >= 11 is 0. The van der Waals surface area contributed by atoms with Crippen molar-refractivity contribution in [3.8, 4) is 5.75 Å². The lowest BCUT2D eigenvalue weighted by molar-refractivity contribution is 0.271. The van der Waals surface area contributed by atoms with Crippen LogP contribution in [0.2, 0.25) is 0 Å². The van der Waals surface area contributed by atoms with E-state index in [1.165, 1.54) is 12.1 Å². The highest BCUT2D eigenvalue weighted by Gasteiger charge is 2.08. The van der Waals surface area contributed by atoms with E-state index in [0.29, 0.717) is 12.4 Å². The number of ether oxygens (including phenoxy) is 1. The van der Waals surface area contributed by atoms with Crippen LogP contribution < -0.4 is 4.74 Å². The van der Waals surface area contributed by atoms with Crippen molar-refractivity contribution in [1.29, 1.82) is 0 Å². The summed E-state index contributed by atoms with van der Waals surface area (Å²) in [6.45, 7) is 4.55. The number of rotatable bonds is 6. The molecule has 1 rings (SSSR count). The Morgan fingerprint density at radius 3 is 2.75 bits per heavy atom. The molecule has 0 radical (unpaired) electrons. The first-order chi connectivity index (χ1) is 7.67. The SMILES string of the molecule is CCCCOc1cc(F)cc(C(C)CO)c1. The van der Waals surface area contributed by atoms with Crippen LogP contribution in [0.3, 0.4) is 0 Å². The van der Waals surface area contributed by atoms with Crippen molar-refractivity contribution in [2.24, 2.45) is 0 Å². The van der Waals surface area contributed by atoms with E-state index in [-0.39, 0.29) is 18.3 Å². The van der Waals surface area contributed by atoms with Gasteiger partial charge in [0.05, 0.1) is 6.61 Å². The number of hydrogen-bond acceptors (Lipinski definition) is 2. The van der Waals surface area contributed by atoms with Crippen LogP contribution in [-0.4, -0.2) is 18.3 Å². The van der Waals surface area contributed by atoms with Crippen LogP contribution in [0.4, 0.5) is 4.39 Å². The van der Waals surface area contributed by atoms with Crippen LogP contribution in [0.25, 0.3) is 0 Å². The van der Waals surface area contributed by atoms with Gasteiger partial charge in [-0.15, -0.1) is 0 Å². The molecule has 0 aliphatic rings. The molecule has 1 aromatic carbocycles. The van der Waals surface area contributed by atoms with Gasteiger partial charge < -0.3 is 9.84 Å². The molecular weight excluding hydrogens is 207 g/mol. The normalized spacial score (nSPS) is 12.5. The first-order valence-corrected chi connectivity index (χ1v) is 5.71. The Morgan fingerprint density at radius 1 is 1.38 bits per heavy atom. The highest BCUT2D eigenvalue weighted by molar-refractivity contribution is 5.31. The minimum Gasteiger partial charge on any atom is -0.493 e. The topological polar surface area (TPSA) is 29.5 Å². The van der Waals surface area contributed by atoms with Gasteiger partial charge >= 0.3 is 0 Å². The van der Waals surface area contributed by atoms with Gasteiger partial charge in [0.1, 0.15) is 11.6 Å². The quantitative estimate of drug-likeness (QED) is 0.755. The molecule has 1 unspecified atom stereocenters. The molecule has 0 aliphatic heterocycles. The highest BCUT2D eigenvalue weighted by Crippen LogP contribution is 2.22. The Bertz CT molecular complexity index is 326. The fourth-order valence-electron chi connectivity index (χ4n) is 1.39. The number of aliphatic hydroxyl groups excluding tert-OH is 1. The van der Waals surface area contributed by atoms with Gasteiger partial charge in [0, 0.05) is 18.6 Å². The molecule has 0 saturated carbocycles. The van der Waals surface area contributed by atoms with Gasteiger partial charge in [-0.3, -0.25) is 0 Å². The fourth-order valence-corrected chi connectivity index (χ4v) is 1.39. The minimum absolute atomic E-state index is 0.0118. The van der Waals surface area contributed by atoms with Crippen molar-refractivity contribution in [3.05, 3.63) is 29.6 Å². The molecule has 3 heteroatoms. The first kappa shape index (κ1) is 13.0. The van der Waals surface area contributed by atoms with Crippen molar-refractivity contribution in [2.45, 2.75) is 32.6 Å². The second-order valence-corrected chi connectivity index (χ2v) is 4.01. The van der Waals surface area contributed by atoms with Crippen molar-refractivity contribution in [3.63, 3.8) is 0 Å². The van der Waals surface area contributed by atoms with Gasteiger partial charge in [-0.2, -0.15) is 0 Å². The molecule has 16 heavy (non-hydrogen) atoms. The largest absolute Gasteiger partial charge is 0.493 e. The fraction of sp³-hybridized carbons (Fsp3) is 0.538. The van der Waals surface area contributed by atoms with Gasteiger partial charge in [0.2, 0.25) is 0 Å². The van der Waals surface area contributed by atoms with E-state index in [9.17, 15) is 4.39 Å². The number of aliphatic hydroxyl groups is 1. The third-order valence-electron chi connectivity index (χ3n) is 2.50. The highest BCUT2D eigenvalue weighted by atomic mass is 19.1. The maximum absolute atomic E-state index is 13.3. The second-order valence-electron chi connectivity index (χ2n) is 4.01. The van der Waals surface area contributed by atoms with Crippen LogP contribution in [-0.2, 0) is 0 Å². The summed E-state index contributed by atoms with van der Waals surface area (Å²) < 4.78 is 18.7. The molecule has 0 bridgehead atoms. The minimum atomic E-state index is -0.315. The number of benzene rings is 1. The lowest BCUT2D eigenvalue weighted by Gasteiger charge is -2.11. The second kappa shape index (κ2) is 6.48. The van der Waals surface area contributed by atoms with Gasteiger partial charge in [0.25, 0.3) is 0 Å². The number of halogens is 1. The predicted octanol–water partition coefficient (Wildman–Crippen LogP) is 3.10. The summed E-state index contributed by atoms with van der Waals surface area (Å²) in [5, 5.41) is 9.02. The van der Waals surface area contributed by atoms with E-state index in [1.807, 2.05) is 6.92 Å². The lowest BCUT2D eigenvalue weighted by atomic mass is 10.0. The Labute approximate surface area is 96.1 Å². The summed E-state index contributed by atoms with van der Waals surface area (Å²) in [6.07, 6.45) is 2.01. The van der Waals surface area contributed by atoms with E-state index < -0.39 is 0 Å². The molecule has 2 nitrogen and oxygen atoms in total. The van der Waals surface area contributed by atoms with Crippen molar-refractivity contribution >= 4 is 0 Å². The zero-order valence-corrected chi connectivity index (χ0v) is 9.87. The molecule has 0 fully saturated rings. The Kier molecular flexibility index (Phi) is 5.26. The Balaban J connectivity index is 2.73. The Hall–Kier alpha value is -1.09. The molecule has 90 valence electrons. The maximum Gasteiger partial charge on any atom is 0.127 e. The summed E-state index contributed by atoms with van der Waals surface area (Å²) in [7, 11) is 0. The van der Waals surface area contributed by atoms with Crippen LogP contribution in [0.1, 0.15) is 38.2 Å². The summed E-state index contributed by atoms with van der Waals surface area (Å²) in [5.41, 5.74) is 0.772. The van der Waals surface area contributed by atoms with Crippen molar-refractivity contribution in [2.75, 3.05) is 13.2 Å². The van der Waals surface area contributed by atoms with E-state index in [0.717, 1.165) is 18.4 Å². The van der Waals surface area contributed by atoms with Crippen LogP contribution >= 0.6 is 0 Å². The number of unbranched alkanes of at least 4 members (excludes halogenated alkanes) is 1. The Morgan fingerprint density at radius 2 is 2.12 bits per heavy atom. The molecule has 0 heterocycles. The van der Waals surface area contributed by atoms with Crippen molar-refractivity contribution in [1.82, 2.24) is 0 Å². The van der Waals surface area contributed by atoms with Gasteiger partial charge in [-0.05, 0) is 24.1 Å². The average molecular weight is 226 g/mol. The summed E-state index contributed by atoms with van der Waals surface area (Å²) in [4.78, 5) is 0. The molecule has 1 atom stereocenters. The van der Waals surface area contributed by atoms with Gasteiger partial charge in [-0.25, -0.2) is 4.39 Å². The molecule has 1 N–H and O–H groups in total. The third kappa shape index (κ3) is 3.81. The van der Waals surface area contributed by atoms with Crippen molar-refractivity contribution < 1.29 is 14.2 Å². The lowest BCUT2D eigenvalue weighted by Crippen LogP contribution is -2.02. The predicted molar refractivity (Wildman–Crippen MR) is 62.3 cm³/mol. The van der Waals surface area contributed by atoms with E-state index in [2.05, 4.69) is 6.92 Å². The van der Waals surface area contributed by atoms with Gasteiger partial charge in [-0.1, -0.05) is 20.3 Å². The zero-order valence-electron chi connectivity index (χ0n) is 9.87. The monoisotopic (exact) mass is 226 g/mol. The zero-order chi connectivity index (χ0) is 12.0.